The van der Waals surface area contributed by atoms with Crippen molar-refractivity contribution in [2.45, 2.75) is 32.6 Å². The van der Waals surface area contributed by atoms with Gasteiger partial charge in [0.25, 0.3) is 0 Å². The zero-order valence-electron chi connectivity index (χ0n) is 9.91. The number of aryl methyl sites for hydroxylation is 1. The van der Waals surface area contributed by atoms with Crippen LogP contribution in [0.2, 0.25) is 0 Å². The third-order valence-corrected chi connectivity index (χ3v) is 2.43. The maximum Gasteiger partial charge on any atom is 0.303 e. The van der Waals surface area contributed by atoms with E-state index in [1.165, 1.54) is 6.07 Å². The van der Waals surface area contributed by atoms with Crippen LogP contribution >= 0.6 is 0 Å². The maximum atomic E-state index is 13.0. The number of carboxylic acid groups (broad SMARTS) is 1. The summed E-state index contributed by atoms with van der Waals surface area (Å²) in [7, 11) is 0. The Kier molecular flexibility index (Phi) is 5.46. The number of halogens is 1. The molecule has 0 saturated heterocycles. The topological polar surface area (TPSA) is 46.5 Å². The summed E-state index contributed by atoms with van der Waals surface area (Å²) in [5.74, 6) is -0.346. The molecule has 0 aliphatic carbocycles. The lowest BCUT2D eigenvalue weighted by molar-refractivity contribution is -0.137. The van der Waals surface area contributed by atoms with Gasteiger partial charge in [-0.05, 0) is 49.9 Å². The van der Waals surface area contributed by atoms with Crippen LogP contribution in [-0.4, -0.2) is 17.7 Å². The number of rotatable bonds is 7. The normalized spacial score (nSPS) is 10.2. The molecule has 1 aromatic rings. The van der Waals surface area contributed by atoms with Crippen molar-refractivity contribution in [2.75, 3.05) is 6.61 Å². The number of hydrogen-bond donors (Lipinski definition) is 1. The molecule has 17 heavy (non-hydrogen) atoms. The Bertz CT molecular complexity index is 377. The van der Waals surface area contributed by atoms with Crippen molar-refractivity contribution in [1.29, 1.82) is 0 Å². The highest BCUT2D eigenvalue weighted by Crippen LogP contribution is 2.16. The van der Waals surface area contributed by atoms with Crippen molar-refractivity contribution in [1.82, 2.24) is 0 Å². The van der Waals surface area contributed by atoms with E-state index in [9.17, 15) is 9.18 Å². The van der Waals surface area contributed by atoms with Crippen LogP contribution in [0.1, 0.15) is 31.2 Å². The third kappa shape index (κ3) is 5.33. The van der Waals surface area contributed by atoms with Crippen LogP contribution in [0.15, 0.2) is 18.2 Å². The molecule has 1 rings (SSSR count). The van der Waals surface area contributed by atoms with Crippen molar-refractivity contribution >= 4 is 5.97 Å². The SMILES string of the molecule is Cc1cc(OCCCCCC(=O)O)ccc1F. The average molecular weight is 240 g/mol. The van der Waals surface area contributed by atoms with Gasteiger partial charge >= 0.3 is 5.97 Å². The summed E-state index contributed by atoms with van der Waals surface area (Å²) < 4.78 is 18.4. The van der Waals surface area contributed by atoms with Gasteiger partial charge in [0, 0.05) is 6.42 Å². The summed E-state index contributed by atoms with van der Waals surface area (Å²) in [6.45, 7) is 2.22. The molecule has 1 aromatic carbocycles. The first-order valence-corrected chi connectivity index (χ1v) is 5.70. The Hall–Kier alpha value is -1.58. The predicted octanol–water partition coefficient (Wildman–Crippen LogP) is 3.16. The van der Waals surface area contributed by atoms with Crippen molar-refractivity contribution < 1.29 is 19.0 Å². The first kappa shape index (κ1) is 13.5. The predicted molar refractivity (Wildman–Crippen MR) is 62.7 cm³/mol. The van der Waals surface area contributed by atoms with Crippen molar-refractivity contribution in [3.05, 3.63) is 29.6 Å². The minimum Gasteiger partial charge on any atom is -0.494 e. The minimum atomic E-state index is -0.764. The van der Waals surface area contributed by atoms with Gasteiger partial charge in [0.05, 0.1) is 6.61 Å². The Morgan fingerprint density at radius 1 is 1.35 bits per heavy atom. The molecule has 1 N–H and O–H groups in total. The van der Waals surface area contributed by atoms with Gasteiger partial charge in [0.2, 0.25) is 0 Å². The molecular formula is C13H17FO3. The molecule has 0 bridgehead atoms. The van der Waals surface area contributed by atoms with Crippen molar-refractivity contribution in [3.63, 3.8) is 0 Å². The van der Waals surface area contributed by atoms with Gasteiger partial charge in [-0.25, -0.2) is 4.39 Å². The highest BCUT2D eigenvalue weighted by atomic mass is 19.1. The summed E-state index contributed by atoms with van der Waals surface area (Å²) in [6, 6.07) is 4.64. The number of ether oxygens (including phenoxy) is 1. The molecule has 0 aromatic heterocycles. The number of carboxylic acids is 1. The molecule has 0 atom stereocenters. The molecule has 0 spiro atoms. The zero-order valence-corrected chi connectivity index (χ0v) is 9.91. The Morgan fingerprint density at radius 3 is 2.76 bits per heavy atom. The van der Waals surface area contributed by atoms with Crippen molar-refractivity contribution in [2.24, 2.45) is 0 Å². The molecular weight excluding hydrogens is 223 g/mol. The molecule has 0 radical (unpaired) electrons. The maximum absolute atomic E-state index is 13.0. The van der Waals surface area contributed by atoms with E-state index in [4.69, 9.17) is 9.84 Å². The molecule has 0 aliphatic rings. The second-order valence-corrected chi connectivity index (χ2v) is 3.96. The van der Waals surface area contributed by atoms with Gasteiger partial charge in [-0.2, -0.15) is 0 Å². The van der Waals surface area contributed by atoms with Gasteiger partial charge < -0.3 is 9.84 Å². The smallest absolute Gasteiger partial charge is 0.303 e. The fourth-order valence-electron chi connectivity index (χ4n) is 1.45. The standard InChI is InChI=1S/C13H17FO3/c1-10-9-11(6-7-12(10)14)17-8-4-2-3-5-13(15)16/h6-7,9H,2-5,8H2,1H3,(H,15,16). The first-order chi connectivity index (χ1) is 8.09. The lowest BCUT2D eigenvalue weighted by Gasteiger charge is -2.06. The molecule has 3 nitrogen and oxygen atoms in total. The van der Waals surface area contributed by atoms with E-state index in [1.807, 2.05) is 0 Å². The number of hydrogen-bond acceptors (Lipinski definition) is 2. The molecule has 0 unspecified atom stereocenters. The molecule has 0 saturated carbocycles. The Morgan fingerprint density at radius 2 is 2.12 bits per heavy atom. The summed E-state index contributed by atoms with van der Waals surface area (Å²) in [6.07, 6.45) is 2.51. The van der Waals surface area contributed by atoms with E-state index in [0.29, 0.717) is 24.3 Å². The van der Waals surface area contributed by atoms with E-state index in [1.54, 1.807) is 19.1 Å². The minimum absolute atomic E-state index is 0.204. The summed E-state index contributed by atoms with van der Waals surface area (Å²) in [5.41, 5.74) is 0.563. The number of benzene rings is 1. The van der Waals surface area contributed by atoms with Crippen LogP contribution < -0.4 is 4.74 Å². The van der Waals surface area contributed by atoms with Crippen molar-refractivity contribution in [3.8, 4) is 5.75 Å². The second-order valence-electron chi connectivity index (χ2n) is 3.96. The van der Waals surface area contributed by atoms with Crippen LogP contribution in [0.4, 0.5) is 4.39 Å². The monoisotopic (exact) mass is 240 g/mol. The van der Waals surface area contributed by atoms with E-state index in [2.05, 4.69) is 0 Å². The first-order valence-electron chi connectivity index (χ1n) is 5.70. The van der Waals surface area contributed by atoms with E-state index >= 15 is 0 Å². The molecule has 0 amide bonds. The fraction of sp³-hybridized carbons (Fsp3) is 0.462. The highest BCUT2D eigenvalue weighted by molar-refractivity contribution is 5.66. The van der Waals surface area contributed by atoms with Gasteiger partial charge in [0.1, 0.15) is 11.6 Å². The molecule has 4 heteroatoms. The van der Waals surface area contributed by atoms with Gasteiger partial charge in [0.15, 0.2) is 0 Å². The lowest BCUT2D eigenvalue weighted by Crippen LogP contribution is -1.99. The lowest BCUT2D eigenvalue weighted by atomic mass is 10.2. The largest absolute Gasteiger partial charge is 0.494 e. The molecule has 94 valence electrons. The third-order valence-electron chi connectivity index (χ3n) is 2.43. The van der Waals surface area contributed by atoms with E-state index in [0.717, 1.165) is 12.8 Å². The van der Waals surface area contributed by atoms with Crippen LogP contribution in [0.25, 0.3) is 0 Å². The Labute approximate surface area is 100 Å². The average Bonchev–Trinajstić information content (AvgIpc) is 2.27. The number of unbranched alkanes of at least 4 members (excludes halogenated alkanes) is 2. The summed E-state index contributed by atoms with van der Waals surface area (Å²) in [4.78, 5) is 10.3. The number of carbonyl (C=O) groups is 1. The van der Waals surface area contributed by atoms with Crippen LogP contribution in [-0.2, 0) is 4.79 Å². The quantitative estimate of drug-likeness (QED) is 0.745. The zero-order chi connectivity index (χ0) is 12.7. The van der Waals surface area contributed by atoms with Crippen LogP contribution in [0.3, 0.4) is 0 Å². The summed E-state index contributed by atoms with van der Waals surface area (Å²) >= 11 is 0. The molecule has 0 fully saturated rings. The van der Waals surface area contributed by atoms with Gasteiger partial charge in [-0.15, -0.1) is 0 Å². The second kappa shape index (κ2) is 6.89. The fourth-order valence-corrected chi connectivity index (χ4v) is 1.45. The van der Waals surface area contributed by atoms with Crippen LogP contribution in [0, 0.1) is 12.7 Å². The highest BCUT2D eigenvalue weighted by Gasteiger charge is 2.00. The Balaban J connectivity index is 2.18. The van der Waals surface area contributed by atoms with Gasteiger partial charge in [-0.3, -0.25) is 4.79 Å². The summed E-state index contributed by atoms with van der Waals surface area (Å²) in [5, 5.41) is 8.44. The number of aliphatic carboxylic acids is 1. The molecule has 0 heterocycles. The van der Waals surface area contributed by atoms with Gasteiger partial charge in [-0.1, -0.05) is 0 Å². The van der Waals surface area contributed by atoms with Crippen LogP contribution in [0.5, 0.6) is 5.75 Å². The molecule has 0 aliphatic heterocycles. The van der Waals surface area contributed by atoms with E-state index in [-0.39, 0.29) is 12.2 Å². The van der Waals surface area contributed by atoms with E-state index < -0.39 is 5.97 Å².